The number of rotatable bonds is 6. The number of amides is 1. The smallest absolute Gasteiger partial charge is 0.280 e. The first-order valence-electron chi connectivity index (χ1n) is 11.8. The van der Waals surface area contributed by atoms with Gasteiger partial charge in [-0.25, -0.2) is 0 Å². The molecule has 0 spiro atoms. The zero-order valence-corrected chi connectivity index (χ0v) is 19.0. The molecule has 0 radical (unpaired) electrons. The van der Waals surface area contributed by atoms with Crippen molar-refractivity contribution >= 4 is 34.3 Å². The number of hydrogen-bond acceptors (Lipinski definition) is 4. The van der Waals surface area contributed by atoms with Crippen molar-refractivity contribution < 1.29 is 9.90 Å². The molecule has 6 nitrogen and oxygen atoms in total. The van der Waals surface area contributed by atoms with Crippen LogP contribution in [0.2, 0.25) is 0 Å². The van der Waals surface area contributed by atoms with Crippen molar-refractivity contribution in [1.29, 1.82) is 0 Å². The predicted octanol–water partition coefficient (Wildman–Crippen LogP) is 4.29. The average molecular weight is 443 g/mol. The normalized spacial score (nSPS) is 19.5. The number of para-hydroxylation sites is 2. The molecule has 1 saturated heterocycles. The number of carbonyl (C=O) groups is 1. The minimum atomic E-state index is -0.440. The van der Waals surface area contributed by atoms with Crippen LogP contribution in [0.4, 0.5) is 5.69 Å². The number of aliphatic hydroxyl groups is 1. The fraction of sp³-hybridized carbons (Fsp3) is 0.333. The van der Waals surface area contributed by atoms with Crippen molar-refractivity contribution in [3.8, 4) is 0 Å². The lowest BCUT2D eigenvalue weighted by Crippen LogP contribution is -2.37. The van der Waals surface area contributed by atoms with Gasteiger partial charge in [0.1, 0.15) is 0 Å². The molecule has 33 heavy (non-hydrogen) atoms. The summed E-state index contributed by atoms with van der Waals surface area (Å²) in [7, 11) is 0. The standard InChI is InChI=1S/C27H30N4O2/c1-20-25(27(33)31(28-20)22-10-4-2-5-11-22)16-21-17-30(26-13-7-6-12-24(21)26)19-23(32)18-29-14-8-3-9-15-29/h2,4-7,10-13,16-17,23,32H,3,8-9,14-15,18-19H2,1H3/b25-16+/t23-/m1/s1. The van der Waals surface area contributed by atoms with Crippen molar-refractivity contribution in [2.75, 3.05) is 24.6 Å². The van der Waals surface area contributed by atoms with Crippen LogP contribution < -0.4 is 5.01 Å². The van der Waals surface area contributed by atoms with Crippen molar-refractivity contribution in [2.45, 2.75) is 38.8 Å². The average Bonchev–Trinajstić information content (AvgIpc) is 3.32. The number of likely N-dealkylation sites (tertiary alicyclic amines) is 1. The van der Waals surface area contributed by atoms with Crippen LogP contribution in [0.5, 0.6) is 0 Å². The summed E-state index contributed by atoms with van der Waals surface area (Å²) >= 11 is 0. The van der Waals surface area contributed by atoms with Gasteiger partial charge in [0.05, 0.1) is 23.1 Å². The van der Waals surface area contributed by atoms with E-state index in [1.54, 1.807) is 0 Å². The van der Waals surface area contributed by atoms with Crippen LogP contribution in [0, 0.1) is 0 Å². The number of aliphatic hydroxyl groups excluding tert-OH is 1. The highest BCUT2D eigenvalue weighted by atomic mass is 16.3. The zero-order valence-electron chi connectivity index (χ0n) is 19.0. The molecule has 3 heterocycles. The second-order valence-corrected chi connectivity index (χ2v) is 8.96. The van der Waals surface area contributed by atoms with Crippen molar-refractivity contribution in [2.24, 2.45) is 5.10 Å². The summed E-state index contributed by atoms with van der Waals surface area (Å²) in [6.45, 7) is 5.23. The molecule has 1 amide bonds. The maximum atomic E-state index is 13.2. The van der Waals surface area contributed by atoms with E-state index in [2.05, 4.69) is 26.7 Å². The molecule has 2 aliphatic heterocycles. The second kappa shape index (κ2) is 9.33. The number of fused-ring (bicyclic) bond motifs is 1. The highest BCUT2D eigenvalue weighted by molar-refractivity contribution is 6.32. The van der Waals surface area contributed by atoms with Gasteiger partial charge in [0, 0.05) is 35.8 Å². The molecular weight excluding hydrogens is 412 g/mol. The third-order valence-electron chi connectivity index (χ3n) is 6.51. The van der Waals surface area contributed by atoms with E-state index in [1.165, 1.54) is 24.3 Å². The minimum absolute atomic E-state index is 0.124. The van der Waals surface area contributed by atoms with Gasteiger partial charge < -0.3 is 14.6 Å². The van der Waals surface area contributed by atoms with Gasteiger partial charge in [-0.3, -0.25) is 4.79 Å². The third-order valence-corrected chi connectivity index (χ3v) is 6.51. The Morgan fingerprint density at radius 3 is 2.52 bits per heavy atom. The molecule has 3 aromatic rings. The molecule has 2 aromatic carbocycles. The van der Waals surface area contributed by atoms with Gasteiger partial charge in [-0.15, -0.1) is 0 Å². The Morgan fingerprint density at radius 2 is 1.73 bits per heavy atom. The molecule has 6 heteroatoms. The van der Waals surface area contributed by atoms with E-state index in [-0.39, 0.29) is 5.91 Å². The first-order chi connectivity index (χ1) is 16.1. The van der Waals surface area contributed by atoms with Gasteiger partial charge in [-0.2, -0.15) is 10.1 Å². The van der Waals surface area contributed by atoms with Gasteiger partial charge in [0.15, 0.2) is 0 Å². The number of piperidine rings is 1. The topological polar surface area (TPSA) is 61.1 Å². The molecular formula is C27H30N4O2. The van der Waals surface area contributed by atoms with E-state index < -0.39 is 6.10 Å². The lowest BCUT2D eigenvalue weighted by Gasteiger charge is -2.28. The number of hydrazone groups is 1. The van der Waals surface area contributed by atoms with Gasteiger partial charge in [-0.05, 0) is 57.1 Å². The first-order valence-corrected chi connectivity index (χ1v) is 11.8. The number of benzene rings is 2. The van der Waals surface area contributed by atoms with Crippen LogP contribution in [-0.2, 0) is 11.3 Å². The molecule has 1 aromatic heterocycles. The molecule has 0 aliphatic carbocycles. The van der Waals surface area contributed by atoms with Crippen LogP contribution >= 0.6 is 0 Å². The maximum absolute atomic E-state index is 13.2. The summed E-state index contributed by atoms with van der Waals surface area (Å²) < 4.78 is 2.11. The van der Waals surface area contributed by atoms with Gasteiger partial charge in [-0.1, -0.05) is 42.8 Å². The summed E-state index contributed by atoms with van der Waals surface area (Å²) in [4.78, 5) is 15.5. The maximum Gasteiger partial charge on any atom is 0.280 e. The van der Waals surface area contributed by atoms with Crippen LogP contribution in [0.25, 0.3) is 17.0 Å². The van der Waals surface area contributed by atoms with Crippen LogP contribution in [0.15, 0.2) is 71.5 Å². The predicted molar refractivity (Wildman–Crippen MR) is 133 cm³/mol. The molecule has 0 saturated carbocycles. The van der Waals surface area contributed by atoms with Gasteiger partial charge in [0.25, 0.3) is 5.91 Å². The van der Waals surface area contributed by atoms with Gasteiger partial charge in [0.2, 0.25) is 0 Å². The van der Waals surface area contributed by atoms with E-state index in [4.69, 9.17) is 0 Å². The molecule has 1 atom stereocenters. The van der Waals surface area contributed by atoms with Crippen molar-refractivity contribution in [3.63, 3.8) is 0 Å². The Bertz CT molecular complexity index is 1210. The number of nitrogens with zero attached hydrogens (tertiary/aromatic N) is 4. The SMILES string of the molecule is CC1=NN(c2ccccc2)C(=O)/C1=C/c1cn(C[C@H](O)CN2CCCCC2)c2ccccc12. The number of β-amino-alcohol motifs (C(OH)–C–C–N with tert-alkyl or cyclic N) is 1. The molecule has 170 valence electrons. The third kappa shape index (κ3) is 4.49. The number of hydrogen-bond donors (Lipinski definition) is 1. The highest BCUT2D eigenvalue weighted by Gasteiger charge is 2.29. The Balaban J connectivity index is 1.41. The number of aromatic nitrogens is 1. The molecule has 2 aliphatic rings. The van der Waals surface area contributed by atoms with E-state index in [0.29, 0.717) is 24.4 Å². The van der Waals surface area contributed by atoms with Crippen molar-refractivity contribution in [3.05, 3.63) is 71.9 Å². The largest absolute Gasteiger partial charge is 0.390 e. The molecule has 0 unspecified atom stereocenters. The van der Waals surface area contributed by atoms with E-state index >= 15 is 0 Å². The highest BCUT2D eigenvalue weighted by Crippen LogP contribution is 2.28. The number of anilines is 1. The summed E-state index contributed by atoms with van der Waals surface area (Å²) in [6, 6.07) is 17.6. The van der Waals surface area contributed by atoms with Crippen LogP contribution in [0.3, 0.4) is 0 Å². The van der Waals surface area contributed by atoms with Crippen LogP contribution in [0.1, 0.15) is 31.7 Å². The Hall–Kier alpha value is -3.22. The fourth-order valence-electron chi connectivity index (χ4n) is 4.85. The second-order valence-electron chi connectivity index (χ2n) is 8.96. The molecule has 0 bridgehead atoms. The first kappa shape index (κ1) is 21.6. The molecule has 5 rings (SSSR count). The van der Waals surface area contributed by atoms with E-state index in [0.717, 1.165) is 35.2 Å². The fourth-order valence-corrected chi connectivity index (χ4v) is 4.85. The van der Waals surface area contributed by atoms with Crippen molar-refractivity contribution in [1.82, 2.24) is 9.47 Å². The lowest BCUT2D eigenvalue weighted by molar-refractivity contribution is -0.114. The van der Waals surface area contributed by atoms with Crippen LogP contribution in [-0.4, -0.2) is 51.9 Å². The summed E-state index contributed by atoms with van der Waals surface area (Å²) in [5, 5.41) is 17.8. The quantitative estimate of drug-likeness (QED) is 0.579. The zero-order chi connectivity index (χ0) is 22.8. The lowest BCUT2D eigenvalue weighted by atomic mass is 10.1. The summed E-state index contributed by atoms with van der Waals surface area (Å²) in [5.41, 5.74) is 4.07. The Kier molecular flexibility index (Phi) is 6.11. The summed E-state index contributed by atoms with van der Waals surface area (Å²) in [6.07, 6.45) is 7.25. The Labute approximate surface area is 194 Å². The Morgan fingerprint density at radius 1 is 1.00 bits per heavy atom. The monoisotopic (exact) mass is 442 g/mol. The van der Waals surface area contributed by atoms with E-state index in [1.807, 2.05) is 61.7 Å². The number of carbonyl (C=O) groups excluding carboxylic acids is 1. The van der Waals surface area contributed by atoms with Gasteiger partial charge >= 0.3 is 0 Å². The molecule has 1 N–H and O–H groups in total. The van der Waals surface area contributed by atoms with E-state index in [9.17, 15) is 9.90 Å². The summed E-state index contributed by atoms with van der Waals surface area (Å²) in [5.74, 6) is -0.124. The minimum Gasteiger partial charge on any atom is -0.390 e. The molecule has 1 fully saturated rings.